The van der Waals surface area contributed by atoms with Gasteiger partial charge in [0.1, 0.15) is 11.5 Å². The van der Waals surface area contributed by atoms with Crippen molar-refractivity contribution in [3.63, 3.8) is 0 Å². The van der Waals surface area contributed by atoms with E-state index in [0.717, 1.165) is 11.1 Å². The number of ether oxygens (including phenoxy) is 2. The number of aryl methyl sites for hydroxylation is 1. The smallest absolute Gasteiger partial charge is 0.341 e. The lowest BCUT2D eigenvalue weighted by Gasteiger charge is -2.19. The topological polar surface area (TPSA) is 76.1 Å². The Labute approximate surface area is 146 Å². The number of carbonyl (C=O) groups is 2. The van der Waals surface area contributed by atoms with Gasteiger partial charge in [0.25, 0.3) is 5.91 Å². The van der Waals surface area contributed by atoms with Gasteiger partial charge in [-0.05, 0) is 48.4 Å². The molecule has 2 aromatic carbocycles. The normalized spacial score (nSPS) is 10.2. The first-order valence-corrected chi connectivity index (χ1v) is 7.74. The second-order valence-electron chi connectivity index (χ2n) is 5.67. The molecule has 6 heteroatoms. The molecule has 1 N–H and O–H groups in total. The highest BCUT2D eigenvalue weighted by molar-refractivity contribution is 5.95. The molecular weight excluding hydrogens is 322 g/mol. The molecule has 0 atom stereocenters. The molecule has 2 rings (SSSR count). The minimum Gasteiger partial charge on any atom is -0.497 e. The summed E-state index contributed by atoms with van der Waals surface area (Å²) in [6.45, 7) is 1.93. The number of hydrogen-bond donors (Lipinski definition) is 1. The molecule has 0 radical (unpaired) electrons. The van der Waals surface area contributed by atoms with Gasteiger partial charge in [-0.3, -0.25) is 4.79 Å². The van der Waals surface area contributed by atoms with Crippen LogP contribution in [0.15, 0.2) is 42.5 Å². The molecule has 0 aliphatic rings. The molecule has 0 saturated heterocycles. The van der Waals surface area contributed by atoms with Crippen LogP contribution in [0.5, 0.6) is 11.5 Å². The zero-order valence-electron chi connectivity index (χ0n) is 14.5. The fourth-order valence-electron chi connectivity index (χ4n) is 2.39. The van der Waals surface area contributed by atoms with Gasteiger partial charge in [-0.25, -0.2) is 4.79 Å². The highest BCUT2D eigenvalue weighted by Crippen LogP contribution is 2.19. The van der Waals surface area contributed by atoms with Crippen LogP contribution in [0.4, 0.5) is 0 Å². The first-order valence-electron chi connectivity index (χ1n) is 7.74. The number of nitrogens with zero attached hydrogens (tertiary/aromatic N) is 1. The van der Waals surface area contributed by atoms with Crippen molar-refractivity contribution in [2.45, 2.75) is 13.5 Å². The lowest BCUT2D eigenvalue weighted by atomic mass is 10.1. The second-order valence-corrected chi connectivity index (χ2v) is 5.67. The van der Waals surface area contributed by atoms with Crippen molar-refractivity contribution in [3.05, 3.63) is 59.2 Å². The average molecular weight is 343 g/mol. The van der Waals surface area contributed by atoms with Crippen molar-refractivity contribution in [1.82, 2.24) is 4.90 Å². The maximum absolute atomic E-state index is 12.6. The molecule has 0 spiro atoms. The Morgan fingerprint density at radius 2 is 1.72 bits per heavy atom. The largest absolute Gasteiger partial charge is 0.497 e. The fraction of sp³-hybridized carbons (Fsp3) is 0.263. The van der Waals surface area contributed by atoms with Crippen LogP contribution in [0, 0.1) is 6.92 Å². The van der Waals surface area contributed by atoms with E-state index in [2.05, 4.69) is 0 Å². The SMILES string of the molecule is COc1ccc(C(=O)N(C)Cc2ccc(OCC(=O)O)cc2)c(C)c1. The Bertz CT molecular complexity index is 755. The van der Waals surface area contributed by atoms with E-state index >= 15 is 0 Å². The summed E-state index contributed by atoms with van der Waals surface area (Å²) in [5, 5.41) is 8.60. The van der Waals surface area contributed by atoms with Crippen LogP contribution in [0.3, 0.4) is 0 Å². The molecule has 0 aliphatic heterocycles. The van der Waals surface area contributed by atoms with E-state index in [1.807, 2.05) is 25.1 Å². The standard InChI is InChI=1S/C19H21NO5/c1-13-10-16(24-3)8-9-17(13)19(23)20(2)11-14-4-6-15(7-5-14)25-12-18(21)22/h4-10H,11-12H2,1-3H3,(H,21,22). The van der Waals surface area contributed by atoms with Crippen molar-refractivity contribution >= 4 is 11.9 Å². The summed E-state index contributed by atoms with van der Waals surface area (Å²) in [5.74, 6) is 0.0930. The summed E-state index contributed by atoms with van der Waals surface area (Å²) in [6.07, 6.45) is 0. The average Bonchev–Trinajstić information content (AvgIpc) is 2.60. The van der Waals surface area contributed by atoms with Crippen molar-refractivity contribution < 1.29 is 24.2 Å². The molecule has 132 valence electrons. The first-order chi connectivity index (χ1) is 11.9. The third-order valence-corrected chi connectivity index (χ3v) is 3.72. The van der Waals surface area contributed by atoms with Crippen LogP contribution < -0.4 is 9.47 Å². The highest BCUT2D eigenvalue weighted by Gasteiger charge is 2.15. The molecule has 25 heavy (non-hydrogen) atoms. The molecule has 6 nitrogen and oxygen atoms in total. The number of methoxy groups -OCH3 is 1. The number of amides is 1. The summed E-state index contributed by atoms with van der Waals surface area (Å²) in [6, 6.07) is 12.3. The van der Waals surface area contributed by atoms with E-state index in [1.54, 1.807) is 43.3 Å². The van der Waals surface area contributed by atoms with Crippen molar-refractivity contribution in [2.75, 3.05) is 20.8 Å². The molecule has 0 saturated carbocycles. The Balaban J connectivity index is 2.02. The number of rotatable bonds is 7. The molecule has 0 unspecified atom stereocenters. The van der Waals surface area contributed by atoms with Gasteiger partial charge >= 0.3 is 5.97 Å². The van der Waals surface area contributed by atoms with E-state index < -0.39 is 5.97 Å². The van der Waals surface area contributed by atoms with Gasteiger partial charge in [-0.1, -0.05) is 12.1 Å². The van der Waals surface area contributed by atoms with Crippen LogP contribution in [0.2, 0.25) is 0 Å². The predicted molar refractivity (Wildman–Crippen MR) is 93.1 cm³/mol. The zero-order valence-corrected chi connectivity index (χ0v) is 14.5. The molecule has 0 heterocycles. The fourth-order valence-corrected chi connectivity index (χ4v) is 2.39. The molecular formula is C19H21NO5. The van der Waals surface area contributed by atoms with E-state index in [-0.39, 0.29) is 12.5 Å². The lowest BCUT2D eigenvalue weighted by Crippen LogP contribution is -2.26. The zero-order chi connectivity index (χ0) is 18.4. The Morgan fingerprint density at radius 1 is 1.08 bits per heavy atom. The number of carboxylic acids is 1. The number of carbonyl (C=O) groups excluding carboxylic acids is 1. The molecule has 0 bridgehead atoms. The van der Waals surface area contributed by atoms with Gasteiger partial charge in [0, 0.05) is 19.2 Å². The third kappa shape index (κ3) is 4.97. The molecule has 0 aliphatic carbocycles. The van der Waals surface area contributed by atoms with E-state index in [1.165, 1.54) is 0 Å². The summed E-state index contributed by atoms with van der Waals surface area (Å²) in [7, 11) is 3.33. The molecule has 1 amide bonds. The van der Waals surface area contributed by atoms with Crippen LogP contribution in [-0.2, 0) is 11.3 Å². The van der Waals surface area contributed by atoms with Crippen LogP contribution in [0.1, 0.15) is 21.5 Å². The van der Waals surface area contributed by atoms with Gasteiger partial charge in [-0.15, -0.1) is 0 Å². The van der Waals surface area contributed by atoms with Crippen LogP contribution in [0.25, 0.3) is 0 Å². The summed E-state index contributed by atoms with van der Waals surface area (Å²) in [5.41, 5.74) is 2.41. The lowest BCUT2D eigenvalue weighted by molar-refractivity contribution is -0.139. The van der Waals surface area contributed by atoms with E-state index in [9.17, 15) is 9.59 Å². The Hall–Kier alpha value is -3.02. The maximum Gasteiger partial charge on any atom is 0.341 e. The minimum atomic E-state index is -1.02. The van der Waals surface area contributed by atoms with E-state index in [0.29, 0.717) is 23.6 Å². The number of aliphatic carboxylic acids is 1. The Morgan fingerprint density at radius 3 is 2.28 bits per heavy atom. The van der Waals surface area contributed by atoms with Gasteiger partial charge < -0.3 is 19.5 Å². The van der Waals surface area contributed by atoms with Crippen LogP contribution in [-0.4, -0.2) is 42.6 Å². The predicted octanol–water partition coefficient (Wildman–Crippen LogP) is 2.74. The quantitative estimate of drug-likeness (QED) is 0.836. The third-order valence-electron chi connectivity index (χ3n) is 3.72. The van der Waals surface area contributed by atoms with Gasteiger partial charge in [0.2, 0.25) is 0 Å². The van der Waals surface area contributed by atoms with Crippen molar-refractivity contribution in [2.24, 2.45) is 0 Å². The second kappa shape index (κ2) is 8.19. The van der Waals surface area contributed by atoms with Crippen LogP contribution >= 0.6 is 0 Å². The number of hydrogen-bond acceptors (Lipinski definition) is 4. The van der Waals surface area contributed by atoms with Crippen molar-refractivity contribution in [1.29, 1.82) is 0 Å². The summed E-state index contributed by atoms with van der Waals surface area (Å²) in [4.78, 5) is 24.7. The summed E-state index contributed by atoms with van der Waals surface area (Å²) >= 11 is 0. The molecule has 0 fully saturated rings. The number of benzene rings is 2. The van der Waals surface area contributed by atoms with Gasteiger partial charge in [0.15, 0.2) is 6.61 Å². The van der Waals surface area contributed by atoms with Crippen molar-refractivity contribution in [3.8, 4) is 11.5 Å². The maximum atomic E-state index is 12.6. The van der Waals surface area contributed by atoms with Gasteiger partial charge in [-0.2, -0.15) is 0 Å². The molecule has 0 aromatic heterocycles. The van der Waals surface area contributed by atoms with E-state index in [4.69, 9.17) is 14.6 Å². The Kier molecular flexibility index (Phi) is 6.00. The minimum absolute atomic E-state index is 0.0774. The highest BCUT2D eigenvalue weighted by atomic mass is 16.5. The monoisotopic (exact) mass is 343 g/mol. The summed E-state index contributed by atoms with van der Waals surface area (Å²) < 4.78 is 10.2. The molecule has 2 aromatic rings. The van der Waals surface area contributed by atoms with Gasteiger partial charge in [0.05, 0.1) is 7.11 Å². The number of carboxylic acid groups (broad SMARTS) is 1. The first kappa shape index (κ1) is 18.3.